The number of aliphatic hydroxyl groups excluding tert-OH is 8. The maximum Gasteiger partial charge on any atom is 0.533 e. The van der Waals surface area contributed by atoms with E-state index in [-0.39, 0.29) is 0 Å². The maximum absolute atomic E-state index is 13.2. The minimum Gasteiger partial charge on any atom is -0.562 e. The molecule has 0 aliphatic carbocycles. The Bertz CT molecular complexity index is 1860. The van der Waals surface area contributed by atoms with Crippen molar-refractivity contribution in [3.63, 3.8) is 0 Å². The molecule has 7 saturated heterocycles. The highest BCUT2D eigenvalue weighted by atomic mass is 17.0. The van der Waals surface area contributed by atoms with Gasteiger partial charge in [0.25, 0.3) is 0 Å². The minimum atomic E-state index is -4.40. The molecule has 388 valence electrons. The van der Waals surface area contributed by atoms with Gasteiger partial charge < -0.3 is 136 Å². The summed E-state index contributed by atoms with van der Waals surface area (Å²) in [5.74, 6) is -7.49. The van der Waals surface area contributed by atoms with Gasteiger partial charge in [-0.05, 0) is 0 Å². The first kappa shape index (κ1) is 53.0. The summed E-state index contributed by atoms with van der Waals surface area (Å²) in [6.07, 6.45) is -40.5. The van der Waals surface area contributed by atoms with E-state index >= 15 is 0 Å². The first-order valence-corrected chi connectivity index (χ1v) is 21.2. The highest BCUT2D eigenvalue weighted by Crippen LogP contribution is 2.48. The summed E-state index contributed by atoms with van der Waals surface area (Å²) in [4.78, 5) is 50.9. The Kier molecular flexibility index (Phi) is 15.6. The highest BCUT2D eigenvalue weighted by molar-refractivity contribution is 6.65. The van der Waals surface area contributed by atoms with E-state index in [2.05, 4.69) is 0 Å². The third-order valence-corrected chi connectivity index (χ3v) is 12.4. The van der Waals surface area contributed by atoms with Crippen molar-refractivity contribution in [1.82, 2.24) is 0 Å². The van der Waals surface area contributed by atoms with Crippen LogP contribution < -0.4 is 0 Å². The number of carboxylic acid groups (broad SMARTS) is 4. The van der Waals surface area contributed by atoms with E-state index in [1.165, 1.54) is 13.6 Å². The van der Waals surface area contributed by atoms with Gasteiger partial charge >= 0.3 is 44.7 Å². The second-order valence-corrected chi connectivity index (χ2v) is 17.3. The zero-order valence-electron chi connectivity index (χ0n) is 36.2. The normalized spacial score (nSPS) is 45.5. The van der Waals surface area contributed by atoms with E-state index in [1.807, 2.05) is 0 Å². The monoisotopic (exact) mass is 992 g/mol. The molecule has 0 aromatic heterocycles. The quantitative estimate of drug-likeness (QED) is 0.0678. The zero-order valence-corrected chi connectivity index (χ0v) is 36.2. The Morgan fingerprint density at radius 3 is 1.31 bits per heavy atom. The van der Waals surface area contributed by atoms with Gasteiger partial charge in [0, 0.05) is 14.2 Å². The van der Waals surface area contributed by atoms with Crippen molar-refractivity contribution in [3.8, 4) is 0 Å². The van der Waals surface area contributed by atoms with Gasteiger partial charge in [-0.3, -0.25) is 0 Å². The molecule has 7 rings (SSSR count). The minimum absolute atomic E-state index is 0.821. The molecular weight excluding hydrogens is 940 g/mol. The van der Waals surface area contributed by atoms with E-state index in [9.17, 15) is 80.5 Å². The van der Waals surface area contributed by atoms with Gasteiger partial charge in [-0.1, -0.05) is 0 Å². The summed E-state index contributed by atoms with van der Waals surface area (Å²) in [5.41, 5.74) is 0. The molecule has 7 heterocycles. The molecule has 32 nitrogen and oxygen atoms in total. The zero-order chi connectivity index (χ0) is 50.0. The van der Waals surface area contributed by atoms with E-state index in [1.54, 1.807) is 0 Å². The number of fused-ring (bicyclic) bond motifs is 3. The number of methoxy groups -OCH3 is 2. The van der Waals surface area contributed by atoms with Crippen LogP contribution in [-0.2, 0) is 93.8 Å². The van der Waals surface area contributed by atoms with Crippen molar-refractivity contribution in [2.45, 2.75) is 136 Å². The average Bonchev–Trinajstić information content (AvgIpc) is 3.29. The second-order valence-electron chi connectivity index (χ2n) is 17.3. The lowest BCUT2D eigenvalue weighted by Crippen LogP contribution is -2.83. The molecule has 7 fully saturated rings. The van der Waals surface area contributed by atoms with Gasteiger partial charge in [0.15, 0.2) is 12.2 Å². The molecular formula is C32H52B4O32-4. The summed E-state index contributed by atoms with van der Waals surface area (Å²) >= 11 is 0. The lowest BCUT2D eigenvalue weighted by atomic mass is 9.61. The molecule has 0 amide bonds. The van der Waals surface area contributed by atoms with Gasteiger partial charge in [0.2, 0.25) is 6.55 Å². The molecule has 0 bridgehead atoms. The van der Waals surface area contributed by atoms with Crippen LogP contribution in [0.5, 0.6) is 0 Å². The number of carboxylic acids is 4. The van der Waals surface area contributed by atoms with Crippen LogP contribution in [0.15, 0.2) is 0 Å². The largest absolute Gasteiger partial charge is 0.562 e. The number of carbonyl (C=O) groups is 4. The molecule has 0 aromatic carbocycles. The Balaban J connectivity index is 1.26. The lowest BCUT2D eigenvalue weighted by Gasteiger charge is -2.69. The summed E-state index contributed by atoms with van der Waals surface area (Å²) in [5, 5.41) is 126. The van der Waals surface area contributed by atoms with Gasteiger partial charge in [-0.2, -0.15) is 0 Å². The van der Waals surface area contributed by atoms with Crippen molar-refractivity contribution in [3.05, 3.63) is 0 Å². The molecule has 7 aliphatic rings. The summed E-state index contributed by atoms with van der Waals surface area (Å²) in [7, 11) is 2.00. The number of aliphatic carboxylic acids is 4. The van der Waals surface area contributed by atoms with Crippen molar-refractivity contribution in [2.75, 3.05) is 40.6 Å². The van der Waals surface area contributed by atoms with Crippen molar-refractivity contribution < 1.29 is 155 Å². The van der Waals surface area contributed by atoms with Crippen molar-refractivity contribution in [1.29, 1.82) is 0 Å². The van der Waals surface area contributed by atoms with Crippen LogP contribution >= 0.6 is 0 Å². The third kappa shape index (κ3) is 9.64. The number of hydrogen-bond donors (Lipinski definition) is 12. The summed E-state index contributed by atoms with van der Waals surface area (Å²) < 4.78 is 92.9. The lowest BCUT2D eigenvalue weighted by molar-refractivity contribution is -0.316. The van der Waals surface area contributed by atoms with E-state index in [0.717, 1.165) is 14.2 Å². The molecule has 36 heteroatoms. The molecule has 0 aromatic rings. The molecule has 7 aliphatic heterocycles. The van der Waals surface area contributed by atoms with Crippen LogP contribution in [0.3, 0.4) is 0 Å². The second kappa shape index (κ2) is 20.0. The SMILES string of the molecule is COC(C(=O)O)C1O[B-]2(OC(C(O)CO)C1OC)OC(C(O)CO)C1O[B-]3(OC(C(=O)O)C4O[B-]5(OC(C(O)CO)C4O3)OC3C(CO)O[B-](C)(C)OC3C(C(O)C(=O)O)O5)OC(C(=O)O)C1O2. The Morgan fingerprint density at radius 2 is 0.882 bits per heavy atom. The van der Waals surface area contributed by atoms with Crippen LogP contribution in [0.2, 0.25) is 13.6 Å². The van der Waals surface area contributed by atoms with Crippen LogP contribution in [0, 0.1) is 0 Å². The predicted octanol–water partition coefficient (Wildman–Crippen LogP) is -8.74. The fourth-order valence-corrected chi connectivity index (χ4v) is 9.61. The fraction of sp³-hybridized carbons (Fsp3) is 0.875. The van der Waals surface area contributed by atoms with Gasteiger partial charge in [0.05, 0.1) is 99.7 Å². The van der Waals surface area contributed by atoms with Crippen molar-refractivity contribution >= 4 is 51.3 Å². The molecule has 68 heavy (non-hydrogen) atoms. The van der Waals surface area contributed by atoms with E-state index < -0.39 is 200 Å². The topological polar surface area (TPSA) is 459 Å². The molecule has 23 atom stereocenters. The molecule has 0 radical (unpaired) electrons. The first-order valence-electron chi connectivity index (χ1n) is 21.2. The molecule has 12 N–H and O–H groups in total. The third-order valence-electron chi connectivity index (χ3n) is 12.4. The van der Waals surface area contributed by atoms with E-state index in [4.69, 9.17) is 74.6 Å². The maximum atomic E-state index is 13.2. The number of hydrogen-bond acceptors (Lipinski definition) is 28. The standard InChI is InChI=1S/C32H52B4O32/c1-33(2)55-12(8-40)17-22(56-33)18(13(44)29(45)46)61-35(60-17)59-16(11(43)7-39)21-25(66-35)28(32(51)52)68-36(63-21)62-20-15(10(42)6-38)58-34(65-24(20)27(67-36)31(49)50)57-14(9(41)5-37)19(53-3)23(64-34)26(54-4)30(47)48/h9-28,37-44H,5-8H2,1-4H3,(H,45,46)(H,47,48)(H,49,50)(H,51,52)/q-4. The average molecular weight is 992 g/mol. The molecule has 23 unspecified atom stereocenters. The van der Waals surface area contributed by atoms with Crippen LogP contribution in [0.25, 0.3) is 0 Å². The summed E-state index contributed by atoms with van der Waals surface area (Å²) in [6.45, 7) is -16.4. The van der Waals surface area contributed by atoms with Gasteiger partial charge in [-0.15, -0.1) is 13.6 Å². The predicted molar refractivity (Wildman–Crippen MR) is 207 cm³/mol. The number of aliphatic hydroxyl groups is 8. The Hall–Kier alpha value is -2.82. The highest BCUT2D eigenvalue weighted by Gasteiger charge is 2.68. The molecule has 3 spiro atoms. The van der Waals surface area contributed by atoms with Crippen LogP contribution in [-0.4, -0.2) is 275 Å². The van der Waals surface area contributed by atoms with Gasteiger partial charge in [-0.25, -0.2) is 19.2 Å². The Labute approximate surface area is 382 Å². The Morgan fingerprint density at radius 1 is 0.485 bits per heavy atom. The molecule has 0 saturated carbocycles. The number of rotatable bonds is 15. The fourth-order valence-electron chi connectivity index (χ4n) is 9.61. The summed E-state index contributed by atoms with van der Waals surface area (Å²) in [6, 6.07) is 0. The number of ether oxygens (including phenoxy) is 2. The van der Waals surface area contributed by atoms with Crippen LogP contribution in [0.1, 0.15) is 0 Å². The first-order chi connectivity index (χ1) is 32.0. The van der Waals surface area contributed by atoms with Crippen LogP contribution in [0.4, 0.5) is 0 Å². The van der Waals surface area contributed by atoms with Crippen molar-refractivity contribution in [2.24, 2.45) is 0 Å². The van der Waals surface area contributed by atoms with Gasteiger partial charge in [0.1, 0.15) is 36.6 Å². The smallest absolute Gasteiger partial charge is 0.533 e. The van der Waals surface area contributed by atoms with E-state index in [0.29, 0.717) is 0 Å².